The van der Waals surface area contributed by atoms with Gasteiger partial charge in [-0.25, -0.2) is 0 Å². The molecule has 3 N–H and O–H groups in total. The first-order chi connectivity index (χ1) is 0. The van der Waals surface area contributed by atoms with E-state index < -0.39 is 0 Å². The monoisotopic (exact) mass is 175 g/mol. The van der Waals surface area contributed by atoms with E-state index in [-0.39, 0.29) is 76.4 Å². The molecular formula is H3Cl2NSr. The molecule has 0 fully saturated rings. The third-order valence-corrected chi connectivity index (χ3v) is 0. The van der Waals surface area contributed by atoms with Gasteiger partial charge in [0.05, 0.1) is 0 Å². The summed E-state index contributed by atoms with van der Waals surface area (Å²) >= 11 is 0. The average molecular weight is 176 g/mol. The first-order valence-electron chi connectivity index (χ1n) is 0. The zero-order valence-electron chi connectivity index (χ0n) is 2.17. The minimum atomic E-state index is 0. The van der Waals surface area contributed by atoms with E-state index in [1.165, 1.54) is 0 Å². The second-order valence-electron chi connectivity index (χ2n) is 0. The van der Waals surface area contributed by atoms with E-state index in [1.54, 1.807) is 0 Å². The van der Waals surface area contributed by atoms with Gasteiger partial charge < -0.3 is 31.0 Å². The first kappa shape index (κ1) is 37.2. The Labute approximate surface area is 75.2 Å². The average Bonchev–Trinajstić information content (AvgIpc) is 0. The van der Waals surface area contributed by atoms with Gasteiger partial charge in [0.1, 0.15) is 0 Å². The molecule has 0 aromatic carbocycles. The van der Waals surface area contributed by atoms with Crippen LogP contribution in [0.3, 0.4) is 0 Å². The summed E-state index contributed by atoms with van der Waals surface area (Å²) in [7, 11) is 0. The Bertz CT molecular complexity index is 6.00. The second kappa shape index (κ2) is 19.9. The Balaban J connectivity index is 0. The molecule has 1 nitrogen and oxygen atoms in total. The fourth-order valence-electron chi connectivity index (χ4n) is 0. The minimum Gasteiger partial charge on any atom is -1.00 e. The van der Waals surface area contributed by atoms with E-state index in [0.717, 1.165) is 0 Å². The van der Waals surface area contributed by atoms with Crippen molar-refractivity contribution in [2.75, 3.05) is 0 Å². The van der Waals surface area contributed by atoms with E-state index >= 15 is 0 Å². The number of halogens is 2. The van der Waals surface area contributed by atoms with Crippen molar-refractivity contribution in [3.05, 3.63) is 0 Å². The summed E-state index contributed by atoms with van der Waals surface area (Å²) in [6.45, 7) is 0. The van der Waals surface area contributed by atoms with Gasteiger partial charge >= 0.3 is 45.5 Å². The van der Waals surface area contributed by atoms with Crippen LogP contribution in [0.15, 0.2) is 0 Å². The summed E-state index contributed by atoms with van der Waals surface area (Å²) in [6, 6.07) is 0. The van der Waals surface area contributed by atoms with Crippen LogP contribution in [0.5, 0.6) is 0 Å². The van der Waals surface area contributed by atoms with Crippen molar-refractivity contribution in [3.63, 3.8) is 0 Å². The molecule has 0 aliphatic carbocycles. The topological polar surface area (TPSA) is 35.0 Å². The first-order valence-corrected chi connectivity index (χ1v) is 0. The van der Waals surface area contributed by atoms with Crippen molar-refractivity contribution in [2.45, 2.75) is 0 Å². The van der Waals surface area contributed by atoms with Gasteiger partial charge in [0.15, 0.2) is 0 Å². The maximum atomic E-state index is 0. The normalized spacial score (nSPS) is 0. The number of hydrogen-bond donors (Lipinski definition) is 1. The van der Waals surface area contributed by atoms with Crippen LogP contribution in [0, 0.1) is 0 Å². The third-order valence-electron chi connectivity index (χ3n) is 0. The molecule has 0 amide bonds. The van der Waals surface area contributed by atoms with E-state index in [1.807, 2.05) is 0 Å². The molecule has 4 heteroatoms. The molecular weight excluding hydrogens is 173 g/mol. The van der Waals surface area contributed by atoms with Crippen LogP contribution >= 0.6 is 0 Å². The van der Waals surface area contributed by atoms with Crippen molar-refractivity contribution in [1.29, 1.82) is 0 Å². The summed E-state index contributed by atoms with van der Waals surface area (Å²) in [6.07, 6.45) is 0. The van der Waals surface area contributed by atoms with Gasteiger partial charge in [-0.1, -0.05) is 0 Å². The molecule has 0 spiro atoms. The maximum Gasteiger partial charge on any atom is 2.00 e. The van der Waals surface area contributed by atoms with E-state index in [0.29, 0.717) is 0 Å². The van der Waals surface area contributed by atoms with Crippen molar-refractivity contribution in [2.24, 2.45) is 0 Å². The molecule has 24 valence electrons. The number of rotatable bonds is 0. The maximum absolute atomic E-state index is 0. The Morgan fingerprint density at radius 3 is 0.750 bits per heavy atom. The molecule has 0 saturated heterocycles. The zero-order valence-corrected chi connectivity index (χ0v) is 7.16. The summed E-state index contributed by atoms with van der Waals surface area (Å²) in [5.41, 5.74) is 0. The second-order valence-corrected chi connectivity index (χ2v) is 0. The summed E-state index contributed by atoms with van der Waals surface area (Å²) in [5, 5.41) is 0. The molecule has 0 radical (unpaired) electrons. The van der Waals surface area contributed by atoms with Gasteiger partial charge in [-0.15, -0.1) is 0 Å². The molecule has 0 atom stereocenters. The quantitative estimate of drug-likeness (QED) is 0.366. The smallest absolute Gasteiger partial charge is 1.00 e. The summed E-state index contributed by atoms with van der Waals surface area (Å²) < 4.78 is 0. The van der Waals surface area contributed by atoms with Crippen molar-refractivity contribution in [1.82, 2.24) is 6.15 Å². The van der Waals surface area contributed by atoms with E-state index in [9.17, 15) is 0 Å². The Kier molecular flexibility index (Phi) is 185. The molecule has 0 bridgehead atoms. The van der Waals surface area contributed by atoms with Gasteiger partial charge in [-0.05, 0) is 0 Å². The molecule has 0 rings (SSSR count). The predicted octanol–water partition coefficient (Wildman–Crippen LogP) is -6.21. The molecule has 0 aliphatic heterocycles. The van der Waals surface area contributed by atoms with E-state index in [2.05, 4.69) is 0 Å². The van der Waals surface area contributed by atoms with Gasteiger partial charge in [-0.3, -0.25) is 0 Å². The SMILES string of the molecule is N.[Cl-].[Cl-].[Sr+2]. The summed E-state index contributed by atoms with van der Waals surface area (Å²) in [5.74, 6) is 0. The molecule has 0 unspecified atom stereocenters. The molecule has 4 heavy (non-hydrogen) atoms. The zero-order chi connectivity index (χ0) is 0. The van der Waals surface area contributed by atoms with Crippen molar-refractivity contribution >= 4 is 45.5 Å². The standard InChI is InChI=1S/2ClH.H3N.Sr/h2*1H;1H3;/q;;;+2/p-2. The fraction of sp³-hybridized carbons (Fsp3) is 0. The minimum absolute atomic E-state index is 0. The molecule has 0 aliphatic rings. The van der Waals surface area contributed by atoms with Crippen molar-refractivity contribution < 1.29 is 24.8 Å². The third kappa shape index (κ3) is 8.99. The molecule has 0 aromatic heterocycles. The van der Waals surface area contributed by atoms with Crippen LogP contribution in [0.4, 0.5) is 0 Å². The fourth-order valence-corrected chi connectivity index (χ4v) is 0. The van der Waals surface area contributed by atoms with Crippen LogP contribution in [-0.4, -0.2) is 45.5 Å². The van der Waals surface area contributed by atoms with E-state index in [4.69, 9.17) is 0 Å². The Morgan fingerprint density at radius 1 is 0.750 bits per heavy atom. The predicted molar refractivity (Wildman–Crippen MR) is 10.8 cm³/mol. The van der Waals surface area contributed by atoms with Crippen molar-refractivity contribution in [3.8, 4) is 0 Å². The van der Waals surface area contributed by atoms with Gasteiger partial charge in [-0.2, -0.15) is 0 Å². The Hall–Kier alpha value is 2.02. The van der Waals surface area contributed by atoms with Crippen LogP contribution < -0.4 is 31.0 Å². The molecule has 0 heterocycles. The van der Waals surface area contributed by atoms with Crippen LogP contribution in [0.25, 0.3) is 0 Å². The summed E-state index contributed by atoms with van der Waals surface area (Å²) in [4.78, 5) is 0. The molecule has 0 aromatic rings. The van der Waals surface area contributed by atoms with Gasteiger partial charge in [0.2, 0.25) is 0 Å². The largest absolute Gasteiger partial charge is 2.00 e. The van der Waals surface area contributed by atoms with Crippen LogP contribution in [0.1, 0.15) is 0 Å². The van der Waals surface area contributed by atoms with Crippen LogP contribution in [-0.2, 0) is 0 Å². The molecule has 0 saturated carbocycles. The Morgan fingerprint density at radius 2 is 0.750 bits per heavy atom. The van der Waals surface area contributed by atoms with Crippen LogP contribution in [0.2, 0.25) is 0 Å². The van der Waals surface area contributed by atoms with Gasteiger partial charge in [0.25, 0.3) is 0 Å². The van der Waals surface area contributed by atoms with Gasteiger partial charge in [0, 0.05) is 0 Å². The number of hydrogen-bond acceptors (Lipinski definition) is 1.